The highest BCUT2D eigenvalue weighted by atomic mass is 16.5. The molecule has 7 aromatic carbocycles. The van der Waals surface area contributed by atoms with Gasteiger partial charge in [0.15, 0.2) is 0 Å². The number of nitrogens with zero attached hydrogens (tertiary/aromatic N) is 2. The molecule has 0 heterocycles. The van der Waals surface area contributed by atoms with Crippen LogP contribution in [-0.2, 0) is 24.7 Å². The Morgan fingerprint density at radius 1 is 0.356 bits per heavy atom. The van der Waals surface area contributed by atoms with Gasteiger partial charge in [0.25, 0.3) is 0 Å². The quantitative estimate of drug-likeness (QED) is 0.116. The zero-order valence-electron chi connectivity index (χ0n) is 36.0. The first-order valence-electron chi connectivity index (χ1n) is 21.0. The minimum absolute atomic E-state index is 0.154. The predicted molar refractivity (Wildman–Crippen MR) is 249 cm³/mol. The molecule has 0 aliphatic heterocycles. The van der Waals surface area contributed by atoms with E-state index in [1.54, 1.807) is 0 Å². The number of benzene rings is 7. The van der Waals surface area contributed by atoms with Gasteiger partial charge in [-0.25, -0.2) is 0 Å². The van der Waals surface area contributed by atoms with E-state index in [-0.39, 0.29) is 11.0 Å². The fraction of sp³-hybridized carbons (Fsp3) is 0.236. The van der Waals surface area contributed by atoms with Crippen molar-refractivity contribution in [3.05, 3.63) is 198 Å². The maximum absolute atomic E-state index is 6.35. The largest absolute Gasteiger partial charge is 0.488 e. The lowest BCUT2D eigenvalue weighted by atomic mass is 9.86. The highest BCUT2D eigenvalue weighted by molar-refractivity contribution is 5.81. The number of hydrogen-bond acceptors (Lipinski definition) is 4. The summed E-state index contributed by atoms with van der Waals surface area (Å²) < 4.78 is 12.5. The molecule has 0 N–H and O–H groups in total. The molecule has 0 aliphatic rings. The van der Waals surface area contributed by atoms with Crippen molar-refractivity contribution in [2.75, 3.05) is 9.80 Å². The molecule has 0 spiro atoms. The van der Waals surface area contributed by atoms with Gasteiger partial charge in [0, 0.05) is 34.1 Å². The van der Waals surface area contributed by atoms with Crippen LogP contribution in [0.15, 0.2) is 170 Å². The summed E-state index contributed by atoms with van der Waals surface area (Å²) in [6.07, 6.45) is 2.88. The van der Waals surface area contributed by atoms with Crippen LogP contribution in [0.2, 0.25) is 0 Å². The van der Waals surface area contributed by atoms with Gasteiger partial charge < -0.3 is 19.3 Å². The average Bonchev–Trinajstić information content (AvgIpc) is 3.23. The Balaban J connectivity index is 1.13. The third-order valence-electron chi connectivity index (χ3n) is 10.6. The second-order valence-electron chi connectivity index (χ2n) is 17.3. The summed E-state index contributed by atoms with van der Waals surface area (Å²) >= 11 is 0. The van der Waals surface area contributed by atoms with Gasteiger partial charge in [-0.3, -0.25) is 0 Å². The van der Waals surface area contributed by atoms with Crippen LogP contribution in [0.25, 0.3) is 0 Å². The second-order valence-corrected chi connectivity index (χ2v) is 17.3. The van der Waals surface area contributed by atoms with Gasteiger partial charge in [-0.1, -0.05) is 95.3 Å². The van der Waals surface area contributed by atoms with Crippen molar-refractivity contribution in [2.24, 2.45) is 0 Å². The normalized spacial score (nSPS) is 11.6. The Kier molecular flexibility index (Phi) is 12.3. The van der Waals surface area contributed by atoms with E-state index in [1.165, 1.54) is 27.8 Å². The summed E-state index contributed by atoms with van der Waals surface area (Å²) in [5, 5.41) is 0. The van der Waals surface area contributed by atoms with Crippen LogP contribution in [0.4, 0.5) is 34.1 Å². The maximum Gasteiger partial charge on any atom is 0.127 e. The molecular formula is C55H58N2O2. The van der Waals surface area contributed by atoms with Gasteiger partial charge >= 0.3 is 0 Å². The van der Waals surface area contributed by atoms with Gasteiger partial charge in [0.05, 0.1) is 0 Å². The van der Waals surface area contributed by atoms with Crippen molar-refractivity contribution in [3.8, 4) is 17.2 Å². The van der Waals surface area contributed by atoms with Crippen molar-refractivity contribution < 1.29 is 9.47 Å². The molecule has 0 atom stereocenters. The van der Waals surface area contributed by atoms with E-state index in [2.05, 4.69) is 235 Å². The Hall–Kier alpha value is -6.26. The molecule has 0 fully saturated rings. The molecule has 0 radical (unpaired) electrons. The van der Waals surface area contributed by atoms with Crippen LogP contribution in [0.3, 0.4) is 0 Å². The highest BCUT2D eigenvalue weighted by Crippen LogP contribution is 2.40. The molecule has 4 heteroatoms. The van der Waals surface area contributed by atoms with E-state index in [0.29, 0.717) is 0 Å². The molecule has 4 nitrogen and oxygen atoms in total. The molecule has 300 valence electrons. The predicted octanol–water partition coefficient (Wildman–Crippen LogP) is 15.6. The average molecular weight is 779 g/mol. The fourth-order valence-corrected chi connectivity index (χ4v) is 7.26. The van der Waals surface area contributed by atoms with Crippen molar-refractivity contribution in [3.63, 3.8) is 0 Å². The van der Waals surface area contributed by atoms with E-state index in [9.17, 15) is 0 Å². The fourth-order valence-electron chi connectivity index (χ4n) is 7.26. The minimum atomic E-state index is -0.268. The summed E-state index contributed by atoms with van der Waals surface area (Å²) in [7, 11) is 0. The van der Waals surface area contributed by atoms with Crippen LogP contribution in [0.1, 0.15) is 83.2 Å². The van der Waals surface area contributed by atoms with Crippen LogP contribution in [0.5, 0.6) is 17.2 Å². The first kappa shape index (κ1) is 40.9. The number of hydrogen-bond donors (Lipinski definition) is 0. The Bertz CT molecular complexity index is 2380. The molecule has 59 heavy (non-hydrogen) atoms. The molecule has 0 bridgehead atoms. The van der Waals surface area contributed by atoms with Gasteiger partial charge in [-0.2, -0.15) is 0 Å². The molecule has 0 amide bonds. The van der Waals surface area contributed by atoms with Crippen molar-refractivity contribution >= 4 is 34.1 Å². The molecule has 0 aliphatic carbocycles. The van der Waals surface area contributed by atoms with E-state index in [4.69, 9.17) is 9.47 Å². The summed E-state index contributed by atoms with van der Waals surface area (Å²) in [6.45, 7) is 17.3. The zero-order valence-corrected chi connectivity index (χ0v) is 36.0. The number of anilines is 6. The highest BCUT2D eigenvalue weighted by Gasteiger charge is 2.18. The van der Waals surface area contributed by atoms with Gasteiger partial charge in [0.2, 0.25) is 0 Å². The monoisotopic (exact) mass is 778 g/mol. The summed E-state index contributed by atoms with van der Waals surface area (Å²) in [6, 6.07) is 60.7. The number of aryl methyl sites for hydroxylation is 2. The topological polar surface area (TPSA) is 24.9 Å². The van der Waals surface area contributed by atoms with Crippen molar-refractivity contribution in [2.45, 2.75) is 85.7 Å². The Labute approximate surface area is 352 Å². The third kappa shape index (κ3) is 10.4. The summed E-state index contributed by atoms with van der Waals surface area (Å²) in [5.74, 6) is 2.46. The molecular weight excluding hydrogens is 721 g/mol. The van der Waals surface area contributed by atoms with Crippen LogP contribution >= 0.6 is 0 Å². The number of rotatable bonds is 13. The Morgan fingerprint density at radius 3 is 0.983 bits per heavy atom. The van der Waals surface area contributed by atoms with E-state index in [0.717, 1.165) is 70.6 Å². The molecule has 0 aromatic heterocycles. The van der Waals surface area contributed by atoms with Crippen LogP contribution in [-0.4, -0.2) is 5.60 Å². The van der Waals surface area contributed by atoms with Crippen molar-refractivity contribution in [1.82, 2.24) is 0 Å². The van der Waals surface area contributed by atoms with Crippen LogP contribution < -0.4 is 19.3 Å². The lowest BCUT2D eigenvalue weighted by Crippen LogP contribution is -2.22. The van der Waals surface area contributed by atoms with Gasteiger partial charge in [-0.15, -0.1) is 0 Å². The lowest BCUT2D eigenvalue weighted by Gasteiger charge is -2.29. The lowest BCUT2D eigenvalue weighted by molar-refractivity contribution is 0.131. The van der Waals surface area contributed by atoms with Gasteiger partial charge in [0.1, 0.15) is 22.8 Å². The Morgan fingerprint density at radius 2 is 0.644 bits per heavy atom. The van der Waals surface area contributed by atoms with E-state index < -0.39 is 0 Å². The van der Waals surface area contributed by atoms with Gasteiger partial charge in [-0.05, 0) is 182 Å². The van der Waals surface area contributed by atoms with E-state index in [1.807, 2.05) is 0 Å². The first-order chi connectivity index (χ1) is 28.3. The van der Waals surface area contributed by atoms with Crippen molar-refractivity contribution in [1.29, 1.82) is 0 Å². The molecule has 0 saturated carbocycles. The number of ether oxygens (including phenoxy) is 2. The molecule has 7 aromatic rings. The molecule has 0 saturated heterocycles. The SMILES string of the molecule is CCc1ccc(N(c2ccc(Oc3ccc(Cc4ccc(C(C)(C)C)cc4)cc3)cc2)c2ccc(N(c3ccc(CC)cc3)c3ccc(OC(C)(C)C)cc3)cc2)cc1. The first-order valence-corrected chi connectivity index (χ1v) is 21.0. The van der Waals surface area contributed by atoms with E-state index >= 15 is 0 Å². The maximum atomic E-state index is 6.35. The zero-order chi connectivity index (χ0) is 41.6. The van der Waals surface area contributed by atoms with Crippen LogP contribution in [0, 0.1) is 0 Å². The third-order valence-corrected chi connectivity index (χ3v) is 10.6. The summed E-state index contributed by atoms with van der Waals surface area (Å²) in [5.41, 5.74) is 12.8. The minimum Gasteiger partial charge on any atom is -0.488 e. The second kappa shape index (κ2) is 17.7. The molecule has 0 unspecified atom stereocenters. The summed E-state index contributed by atoms with van der Waals surface area (Å²) in [4.78, 5) is 4.60. The standard InChI is InChI=1S/C55H58N2O2/c1-9-40-13-21-45(22-14-40)56(49-29-35-52(36-30-49)58-51-33-17-43(18-34-51)39-42-11-19-44(20-12-42)54(3,4)5)47-25-27-48(28-26-47)57(46-23-15-41(10-2)16-24-46)50-31-37-53(38-32-50)59-55(6,7)8/h11-38H,9-10,39H2,1-8H3. The smallest absolute Gasteiger partial charge is 0.127 e. The molecule has 7 rings (SSSR count).